The van der Waals surface area contributed by atoms with Gasteiger partial charge in [-0.15, -0.1) is 5.10 Å². The fourth-order valence-electron chi connectivity index (χ4n) is 1.56. The number of hydrogen-bond acceptors (Lipinski definition) is 4. The molecule has 1 atom stereocenters. The van der Waals surface area contributed by atoms with Gasteiger partial charge in [-0.25, -0.2) is 4.68 Å². The van der Waals surface area contributed by atoms with Crippen LogP contribution in [0.1, 0.15) is 30.8 Å². The maximum atomic E-state index is 11.7. The van der Waals surface area contributed by atoms with Gasteiger partial charge < -0.3 is 10.4 Å². The molecule has 1 saturated carbocycles. The zero-order chi connectivity index (χ0) is 12.6. The van der Waals surface area contributed by atoms with Crippen LogP contribution < -0.4 is 5.32 Å². The molecule has 1 heterocycles. The summed E-state index contributed by atoms with van der Waals surface area (Å²) in [5.41, 5.74) is 0.293. The average molecular weight is 238 g/mol. The SMILES string of the molecule is CC1(C)CC1NC(=O)c1cn(CC(=O)O)nn1. The highest BCUT2D eigenvalue weighted by Crippen LogP contribution is 2.44. The lowest BCUT2D eigenvalue weighted by atomic mass is 10.2. The van der Waals surface area contributed by atoms with Crippen molar-refractivity contribution in [1.82, 2.24) is 20.3 Å². The topological polar surface area (TPSA) is 97.1 Å². The molecule has 7 heteroatoms. The highest BCUT2D eigenvalue weighted by Gasteiger charge is 2.46. The van der Waals surface area contributed by atoms with Crippen molar-refractivity contribution in [3.8, 4) is 0 Å². The maximum absolute atomic E-state index is 11.7. The van der Waals surface area contributed by atoms with E-state index in [-0.39, 0.29) is 29.6 Å². The first kappa shape index (κ1) is 11.6. The van der Waals surface area contributed by atoms with Crippen molar-refractivity contribution in [3.05, 3.63) is 11.9 Å². The van der Waals surface area contributed by atoms with Gasteiger partial charge in [-0.1, -0.05) is 19.1 Å². The minimum Gasteiger partial charge on any atom is -0.480 e. The molecule has 0 aliphatic heterocycles. The molecule has 1 aliphatic rings. The van der Waals surface area contributed by atoms with Crippen molar-refractivity contribution < 1.29 is 14.7 Å². The first-order chi connectivity index (χ1) is 7.88. The highest BCUT2D eigenvalue weighted by molar-refractivity contribution is 5.92. The van der Waals surface area contributed by atoms with Gasteiger partial charge in [-0.3, -0.25) is 9.59 Å². The fourth-order valence-corrected chi connectivity index (χ4v) is 1.56. The molecule has 2 rings (SSSR count). The summed E-state index contributed by atoms with van der Waals surface area (Å²) < 4.78 is 1.12. The molecule has 1 aromatic rings. The van der Waals surface area contributed by atoms with Crippen LogP contribution in [0.25, 0.3) is 0 Å². The second kappa shape index (κ2) is 3.83. The molecule has 1 amide bonds. The molecule has 1 aliphatic carbocycles. The Kier molecular flexibility index (Phi) is 2.60. The van der Waals surface area contributed by atoms with Gasteiger partial charge in [0.25, 0.3) is 5.91 Å². The molecule has 1 unspecified atom stereocenters. The van der Waals surface area contributed by atoms with Crippen LogP contribution in [-0.4, -0.2) is 38.0 Å². The van der Waals surface area contributed by atoms with E-state index in [9.17, 15) is 9.59 Å². The first-order valence-corrected chi connectivity index (χ1v) is 5.31. The second-order valence-electron chi connectivity index (χ2n) is 4.91. The molecule has 92 valence electrons. The van der Waals surface area contributed by atoms with Gasteiger partial charge in [0.1, 0.15) is 6.54 Å². The molecule has 1 aromatic heterocycles. The zero-order valence-electron chi connectivity index (χ0n) is 9.67. The number of amides is 1. The Morgan fingerprint density at radius 2 is 2.29 bits per heavy atom. The number of nitrogens with one attached hydrogen (secondary N) is 1. The largest absolute Gasteiger partial charge is 0.480 e. The van der Waals surface area contributed by atoms with Crippen LogP contribution in [0.2, 0.25) is 0 Å². The summed E-state index contributed by atoms with van der Waals surface area (Å²) in [5.74, 6) is -1.33. The molecule has 1 fully saturated rings. The highest BCUT2D eigenvalue weighted by atomic mass is 16.4. The van der Waals surface area contributed by atoms with Crippen LogP contribution in [0, 0.1) is 5.41 Å². The van der Waals surface area contributed by atoms with Gasteiger partial charge in [0.15, 0.2) is 5.69 Å². The van der Waals surface area contributed by atoms with Crippen LogP contribution in [-0.2, 0) is 11.3 Å². The van der Waals surface area contributed by atoms with E-state index in [1.54, 1.807) is 0 Å². The number of hydrogen-bond donors (Lipinski definition) is 2. The molecule has 2 N–H and O–H groups in total. The van der Waals surface area contributed by atoms with Crippen LogP contribution in [0.4, 0.5) is 0 Å². The van der Waals surface area contributed by atoms with Gasteiger partial charge in [-0.05, 0) is 11.8 Å². The Hall–Kier alpha value is -1.92. The third-order valence-corrected chi connectivity index (χ3v) is 2.89. The monoisotopic (exact) mass is 238 g/mol. The van der Waals surface area contributed by atoms with E-state index in [1.165, 1.54) is 6.20 Å². The lowest BCUT2D eigenvalue weighted by Crippen LogP contribution is -2.28. The fraction of sp³-hybridized carbons (Fsp3) is 0.600. The summed E-state index contributed by atoms with van der Waals surface area (Å²) in [6.45, 7) is 3.84. The summed E-state index contributed by atoms with van der Waals surface area (Å²) in [6, 6.07) is 0.166. The Labute approximate surface area is 97.8 Å². The molecular formula is C10H14N4O3. The smallest absolute Gasteiger partial charge is 0.325 e. The third-order valence-electron chi connectivity index (χ3n) is 2.89. The number of carboxylic acid groups (broad SMARTS) is 1. The Morgan fingerprint density at radius 1 is 1.65 bits per heavy atom. The Bertz CT molecular complexity index is 466. The molecule has 0 aromatic carbocycles. The lowest BCUT2D eigenvalue weighted by Gasteiger charge is -2.03. The second-order valence-corrected chi connectivity index (χ2v) is 4.91. The molecule has 0 spiro atoms. The van der Waals surface area contributed by atoms with Crippen LogP contribution >= 0.6 is 0 Å². The van der Waals surface area contributed by atoms with Crippen molar-refractivity contribution in [3.63, 3.8) is 0 Å². The van der Waals surface area contributed by atoms with Crippen LogP contribution in [0.15, 0.2) is 6.20 Å². The van der Waals surface area contributed by atoms with E-state index < -0.39 is 5.97 Å². The normalized spacial score (nSPS) is 20.9. The third kappa shape index (κ3) is 2.61. The van der Waals surface area contributed by atoms with E-state index in [2.05, 4.69) is 29.5 Å². The van der Waals surface area contributed by atoms with Crippen molar-refractivity contribution in [2.24, 2.45) is 5.41 Å². The molecule has 0 bridgehead atoms. The van der Waals surface area contributed by atoms with Crippen LogP contribution in [0.3, 0.4) is 0 Å². The number of nitrogens with zero attached hydrogens (tertiary/aromatic N) is 3. The molecule has 0 radical (unpaired) electrons. The standard InChI is InChI=1S/C10H14N4O3/c1-10(2)3-7(10)11-9(17)6-4-14(13-12-6)5-8(15)16/h4,7H,3,5H2,1-2H3,(H,11,17)(H,15,16). The van der Waals surface area contributed by atoms with Crippen molar-refractivity contribution >= 4 is 11.9 Å². The molecule has 0 saturated heterocycles. The maximum Gasteiger partial charge on any atom is 0.325 e. The minimum absolute atomic E-state index is 0.146. The summed E-state index contributed by atoms with van der Waals surface area (Å²) in [7, 11) is 0. The van der Waals surface area contributed by atoms with Crippen molar-refractivity contribution in [1.29, 1.82) is 0 Å². The lowest BCUT2D eigenvalue weighted by molar-refractivity contribution is -0.137. The number of aromatic nitrogens is 3. The minimum atomic E-state index is -1.02. The molecule has 7 nitrogen and oxygen atoms in total. The quantitative estimate of drug-likeness (QED) is 0.762. The number of carbonyl (C=O) groups is 2. The summed E-state index contributed by atoms with van der Waals surface area (Å²) in [5, 5.41) is 18.6. The zero-order valence-corrected chi connectivity index (χ0v) is 9.67. The Morgan fingerprint density at radius 3 is 2.82 bits per heavy atom. The molecular weight excluding hydrogens is 224 g/mol. The summed E-state index contributed by atoms with van der Waals surface area (Å²) >= 11 is 0. The van der Waals surface area contributed by atoms with Gasteiger partial charge >= 0.3 is 5.97 Å². The number of carbonyl (C=O) groups excluding carboxylic acids is 1. The van der Waals surface area contributed by atoms with Gasteiger partial charge in [0.05, 0.1) is 6.20 Å². The van der Waals surface area contributed by atoms with E-state index in [0.717, 1.165) is 11.1 Å². The number of carboxylic acids is 1. The molecule has 17 heavy (non-hydrogen) atoms. The van der Waals surface area contributed by atoms with Gasteiger partial charge in [0, 0.05) is 6.04 Å². The van der Waals surface area contributed by atoms with E-state index in [0.29, 0.717) is 0 Å². The Balaban J connectivity index is 1.95. The van der Waals surface area contributed by atoms with E-state index in [1.807, 2.05) is 0 Å². The average Bonchev–Trinajstić information content (AvgIpc) is 2.62. The number of aliphatic carboxylic acids is 1. The van der Waals surface area contributed by atoms with Crippen molar-refractivity contribution in [2.45, 2.75) is 32.9 Å². The predicted molar refractivity (Wildman–Crippen MR) is 57.3 cm³/mol. The van der Waals surface area contributed by atoms with E-state index in [4.69, 9.17) is 5.11 Å². The summed E-state index contributed by atoms with van der Waals surface area (Å²) in [6.07, 6.45) is 2.28. The van der Waals surface area contributed by atoms with Crippen molar-refractivity contribution in [2.75, 3.05) is 0 Å². The van der Waals surface area contributed by atoms with Crippen LogP contribution in [0.5, 0.6) is 0 Å². The van der Waals surface area contributed by atoms with Gasteiger partial charge in [0.2, 0.25) is 0 Å². The first-order valence-electron chi connectivity index (χ1n) is 5.31. The van der Waals surface area contributed by atoms with Gasteiger partial charge in [-0.2, -0.15) is 0 Å². The van der Waals surface area contributed by atoms with E-state index >= 15 is 0 Å². The number of rotatable bonds is 4. The summed E-state index contributed by atoms with van der Waals surface area (Å²) in [4.78, 5) is 22.1. The predicted octanol–water partition coefficient (Wildman–Crippen LogP) is -0.109.